The maximum atomic E-state index is 12.4. The molecule has 1 aliphatic heterocycles. The monoisotopic (exact) mass is 311 g/mol. The van der Waals surface area contributed by atoms with Crippen LogP contribution in [-0.4, -0.2) is 35.1 Å². The van der Waals surface area contributed by atoms with E-state index in [1.54, 1.807) is 4.90 Å². The molecule has 4 heteroatoms. The first kappa shape index (κ1) is 13.6. The van der Waals surface area contributed by atoms with Crippen LogP contribution in [-0.2, 0) is 0 Å². The molecule has 1 aromatic rings. The number of hydrogen-bond donors (Lipinski definition) is 1. The molecule has 1 atom stereocenters. The molecular weight excluding hydrogens is 294 g/mol. The third kappa shape index (κ3) is 2.75. The van der Waals surface area contributed by atoms with Crippen LogP contribution in [0.4, 0.5) is 0 Å². The molecule has 1 aliphatic rings. The summed E-state index contributed by atoms with van der Waals surface area (Å²) in [5.74, 6) is 0.0295. The molecule has 1 aromatic carbocycles. The van der Waals surface area contributed by atoms with Gasteiger partial charge in [-0.25, -0.2) is 0 Å². The predicted octanol–water partition coefficient (Wildman–Crippen LogP) is 2.66. The summed E-state index contributed by atoms with van der Waals surface area (Å²) < 4.78 is 1.02. The van der Waals surface area contributed by atoms with Crippen molar-refractivity contribution in [1.29, 1.82) is 0 Å². The minimum Gasteiger partial charge on any atom is -0.391 e. The lowest BCUT2D eigenvalue weighted by atomic mass is 10.0. The number of rotatable bonds is 1. The zero-order chi connectivity index (χ0) is 13.3. The van der Waals surface area contributed by atoms with Gasteiger partial charge in [0.15, 0.2) is 0 Å². The molecule has 1 heterocycles. The molecule has 18 heavy (non-hydrogen) atoms. The average Bonchev–Trinajstić information content (AvgIpc) is 2.33. The third-order valence-electron chi connectivity index (χ3n) is 3.42. The van der Waals surface area contributed by atoms with Crippen LogP contribution in [0.25, 0.3) is 0 Å². The minimum atomic E-state index is -0.375. The van der Waals surface area contributed by atoms with E-state index in [-0.39, 0.29) is 12.0 Å². The zero-order valence-corrected chi connectivity index (χ0v) is 12.3. The van der Waals surface area contributed by atoms with E-state index in [1.165, 1.54) is 0 Å². The fraction of sp³-hybridized carbons (Fsp3) is 0.500. The Labute approximate surface area is 116 Å². The molecular formula is C14H18BrNO2. The fourth-order valence-electron chi connectivity index (χ4n) is 2.32. The SMILES string of the molecule is Cc1cc(C(=O)N2CCCC(O)C2)c(C)cc1Br. The zero-order valence-electron chi connectivity index (χ0n) is 10.7. The van der Waals surface area contributed by atoms with Gasteiger partial charge in [0.1, 0.15) is 0 Å². The number of amides is 1. The number of carbonyl (C=O) groups excluding carboxylic acids is 1. The summed E-state index contributed by atoms with van der Waals surface area (Å²) in [5, 5.41) is 9.64. The van der Waals surface area contributed by atoms with Gasteiger partial charge < -0.3 is 10.0 Å². The summed E-state index contributed by atoms with van der Waals surface area (Å²) in [6.07, 6.45) is 1.29. The molecule has 1 fully saturated rings. The number of aliphatic hydroxyl groups is 1. The van der Waals surface area contributed by atoms with Gasteiger partial charge in [-0.1, -0.05) is 15.9 Å². The molecule has 3 nitrogen and oxygen atoms in total. The van der Waals surface area contributed by atoms with Crippen LogP contribution in [0.15, 0.2) is 16.6 Å². The Bertz CT molecular complexity index is 473. The topological polar surface area (TPSA) is 40.5 Å². The van der Waals surface area contributed by atoms with E-state index in [9.17, 15) is 9.90 Å². The number of benzene rings is 1. The Morgan fingerprint density at radius 2 is 2.11 bits per heavy atom. The van der Waals surface area contributed by atoms with Crippen molar-refractivity contribution >= 4 is 21.8 Å². The van der Waals surface area contributed by atoms with Crippen molar-refractivity contribution in [1.82, 2.24) is 4.90 Å². The van der Waals surface area contributed by atoms with Crippen molar-refractivity contribution in [3.8, 4) is 0 Å². The number of aryl methyl sites for hydroxylation is 2. The van der Waals surface area contributed by atoms with E-state index in [4.69, 9.17) is 0 Å². The highest BCUT2D eigenvalue weighted by Crippen LogP contribution is 2.23. The van der Waals surface area contributed by atoms with Gasteiger partial charge in [-0.15, -0.1) is 0 Å². The molecule has 0 bridgehead atoms. The lowest BCUT2D eigenvalue weighted by Gasteiger charge is -2.30. The first-order chi connectivity index (χ1) is 8.49. The highest BCUT2D eigenvalue weighted by Gasteiger charge is 2.24. The molecule has 98 valence electrons. The molecule has 1 N–H and O–H groups in total. The Hall–Kier alpha value is -0.870. The van der Waals surface area contributed by atoms with E-state index >= 15 is 0 Å². The first-order valence-corrected chi connectivity index (χ1v) is 7.02. The molecule has 1 unspecified atom stereocenters. The Kier molecular flexibility index (Phi) is 4.07. The number of aliphatic hydroxyl groups excluding tert-OH is 1. The maximum Gasteiger partial charge on any atom is 0.254 e. The molecule has 2 rings (SSSR count). The summed E-state index contributed by atoms with van der Waals surface area (Å²) in [7, 11) is 0. The van der Waals surface area contributed by atoms with E-state index in [0.717, 1.165) is 40.5 Å². The first-order valence-electron chi connectivity index (χ1n) is 6.23. The average molecular weight is 312 g/mol. The third-order valence-corrected chi connectivity index (χ3v) is 4.27. The summed E-state index contributed by atoms with van der Waals surface area (Å²) in [5.41, 5.74) is 2.77. The van der Waals surface area contributed by atoms with Gasteiger partial charge in [-0.2, -0.15) is 0 Å². The number of β-amino-alcohol motifs (C(OH)–C–C–N with tert-alkyl or cyclic N) is 1. The lowest BCUT2D eigenvalue weighted by molar-refractivity contribution is 0.0473. The van der Waals surface area contributed by atoms with Crippen LogP contribution in [0.3, 0.4) is 0 Å². The Morgan fingerprint density at radius 3 is 2.78 bits per heavy atom. The molecule has 0 spiro atoms. The largest absolute Gasteiger partial charge is 0.391 e. The van der Waals surface area contributed by atoms with E-state index in [2.05, 4.69) is 15.9 Å². The highest BCUT2D eigenvalue weighted by molar-refractivity contribution is 9.10. The summed E-state index contributed by atoms with van der Waals surface area (Å²) in [6, 6.07) is 3.89. The lowest BCUT2D eigenvalue weighted by Crippen LogP contribution is -2.42. The van der Waals surface area contributed by atoms with E-state index in [0.29, 0.717) is 6.54 Å². The number of piperidine rings is 1. The normalized spacial score (nSPS) is 20.0. The van der Waals surface area contributed by atoms with Crippen LogP contribution in [0.2, 0.25) is 0 Å². The quantitative estimate of drug-likeness (QED) is 0.866. The standard InChI is InChI=1S/C14H18BrNO2/c1-9-7-13(15)10(2)6-12(9)14(18)16-5-3-4-11(17)8-16/h6-7,11,17H,3-5,8H2,1-2H3. The van der Waals surface area contributed by atoms with Gasteiger partial charge in [0, 0.05) is 23.1 Å². The van der Waals surface area contributed by atoms with Crippen LogP contribution >= 0.6 is 15.9 Å². The van der Waals surface area contributed by atoms with Crippen LogP contribution in [0, 0.1) is 13.8 Å². The van der Waals surface area contributed by atoms with Gasteiger partial charge in [0.2, 0.25) is 0 Å². The van der Waals surface area contributed by atoms with Gasteiger partial charge in [0.25, 0.3) is 5.91 Å². The van der Waals surface area contributed by atoms with Crippen LogP contribution in [0.5, 0.6) is 0 Å². The van der Waals surface area contributed by atoms with Gasteiger partial charge >= 0.3 is 0 Å². The Morgan fingerprint density at radius 1 is 1.39 bits per heavy atom. The summed E-state index contributed by atoms with van der Waals surface area (Å²) in [4.78, 5) is 14.2. The van der Waals surface area contributed by atoms with Gasteiger partial charge in [-0.3, -0.25) is 4.79 Å². The van der Waals surface area contributed by atoms with E-state index < -0.39 is 0 Å². The van der Waals surface area contributed by atoms with Crippen LogP contribution in [0.1, 0.15) is 34.3 Å². The Balaban J connectivity index is 2.25. The summed E-state index contributed by atoms with van der Waals surface area (Å²) >= 11 is 3.47. The number of halogens is 1. The van der Waals surface area contributed by atoms with Crippen molar-refractivity contribution in [3.05, 3.63) is 33.3 Å². The second-order valence-electron chi connectivity index (χ2n) is 4.96. The highest BCUT2D eigenvalue weighted by atomic mass is 79.9. The molecule has 0 saturated carbocycles. The van der Waals surface area contributed by atoms with Crippen molar-refractivity contribution < 1.29 is 9.90 Å². The van der Waals surface area contributed by atoms with Crippen molar-refractivity contribution in [2.45, 2.75) is 32.8 Å². The number of carbonyl (C=O) groups is 1. The minimum absolute atomic E-state index is 0.0295. The molecule has 1 amide bonds. The number of nitrogens with zero attached hydrogens (tertiary/aromatic N) is 1. The number of likely N-dealkylation sites (tertiary alicyclic amines) is 1. The fourth-order valence-corrected chi connectivity index (χ4v) is 2.78. The maximum absolute atomic E-state index is 12.4. The predicted molar refractivity (Wildman–Crippen MR) is 74.8 cm³/mol. The summed E-state index contributed by atoms with van der Waals surface area (Å²) in [6.45, 7) is 5.11. The van der Waals surface area contributed by atoms with E-state index in [1.807, 2.05) is 26.0 Å². The van der Waals surface area contributed by atoms with Gasteiger partial charge in [-0.05, 0) is 49.9 Å². The number of hydrogen-bond acceptors (Lipinski definition) is 2. The second-order valence-corrected chi connectivity index (χ2v) is 5.82. The van der Waals surface area contributed by atoms with Gasteiger partial charge in [0.05, 0.1) is 6.10 Å². The second kappa shape index (κ2) is 5.41. The van der Waals surface area contributed by atoms with Crippen LogP contribution < -0.4 is 0 Å². The molecule has 1 saturated heterocycles. The molecule has 0 aliphatic carbocycles. The van der Waals surface area contributed by atoms with Crippen molar-refractivity contribution in [3.63, 3.8) is 0 Å². The molecule has 0 aromatic heterocycles. The van der Waals surface area contributed by atoms with Crippen molar-refractivity contribution in [2.24, 2.45) is 0 Å². The molecule has 0 radical (unpaired) electrons. The smallest absolute Gasteiger partial charge is 0.254 e. The van der Waals surface area contributed by atoms with Crippen molar-refractivity contribution in [2.75, 3.05) is 13.1 Å².